The lowest BCUT2D eigenvalue weighted by atomic mass is 9.87. The van der Waals surface area contributed by atoms with Crippen LogP contribution in [0, 0.1) is 0 Å². The highest BCUT2D eigenvalue weighted by Gasteiger charge is 2.49. The molecule has 0 aliphatic carbocycles. The number of para-hydroxylation sites is 1. The van der Waals surface area contributed by atoms with Crippen molar-refractivity contribution < 1.29 is 4.79 Å². The summed E-state index contributed by atoms with van der Waals surface area (Å²) in [6.45, 7) is 0. The van der Waals surface area contributed by atoms with Gasteiger partial charge in [-0.15, -0.1) is 0 Å². The Labute approximate surface area is 129 Å². The Morgan fingerprint density at radius 3 is 1.91 bits per heavy atom. The van der Waals surface area contributed by atoms with Crippen LogP contribution < -0.4 is 4.90 Å². The second-order valence-corrected chi connectivity index (χ2v) is 5.47. The average Bonchev–Trinajstić information content (AvgIpc) is 3.08. The summed E-state index contributed by atoms with van der Waals surface area (Å²) < 4.78 is 2.00. The molecule has 2 heterocycles. The number of benzene rings is 2. The Bertz CT molecular complexity index is 766. The van der Waals surface area contributed by atoms with E-state index in [2.05, 4.69) is 12.1 Å². The van der Waals surface area contributed by atoms with Gasteiger partial charge < -0.3 is 9.47 Å². The molecule has 4 rings (SSSR count). The molecule has 3 heteroatoms. The van der Waals surface area contributed by atoms with E-state index in [0.717, 1.165) is 11.3 Å². The summed E-state index contributed by atoms with van der Waals surface area (Å²) >= 11 is 0. The molecule has 1 amide bonds. The highest BCUT2D eigenvalue weighted by molar-refractivity contribution is 6.04. The summed E-state index contributed by atoms with van der Waals surface area (Å²) in [7, 11) is 0. The van der Waals surface area contributed by atoms with Crippen molar-refractivity contribution in [3.05, 3.63) is 90.8 Å². The molecule has 22 heavy (non-hydrogen) atoms. The van der Waals surface area contributed by atoms with Crippen LogP contribution in [-0.4, -0.2) is 10.5 Å². The molecule has 0 N–H and O–H groups in total. The number of hydrogen-bond donors (Lipinski definition) is 0. The minimum absolute atomic E-state index is 0.0310. The van der Waals surface area contributed by atoms with E-state index in [1.165, 1.54) is 0 Å². The minimum Gasteiger partial charge on any atom is -0.340 e. The highest BCUT2D eigenvalue weighted by atomic mass is 16.2. The van der Waals surface area contributed by atoms with Gasteiger partial charge in [-0.2, -0.15) is 0 Å². The quantitative estimate of drug-likeness (QED) is 0.673. The molecule has 3 nitrogen and oxygen atoms in total. The maximum atomic E-state index is 12.7. The number of nitrogens with zero attached hydrogens (tertiary/aromatic N) is 2. The summed E-state index contributed by atoms with van der Waals surface area (Å²) in [5.41, 5.74) is 2.11. The maximum Gasteiger partial charge on any atom is 0.253 e. The van der Waals surface area contributed by atoms with Gasteiger partial charge in [-0.25, -0.2) is 0 Å². The molecule has 1 aliphatic rings. The number of aromatic nitrogens is 1. The van der Waals surface area contributed by atoms with Gasteiger partial charge in [0, 0.05) is 18.1 Å². The van der Waals surface area contributed by atoms with E-state index in [-0.39, 0.29) is 18.0 Å². The van der Waals surface area contributed by atoms with Gasteiger partial charge in [0.25, 0.3) is 5.91 Å². The SMILES string of the molecule is O=C1[C@@H](n2cccc2)[C@@H](c2ccccc2)N1c1ccccc1. The summed E-state index contributed by atoms with van der Waals surface area (Å²) in [6, 6.07) is 23.9. The zero-order valence-electron chi connectivity index (χ0n) is 12.0. The fourth-order valence-corrected chi connectivity index (χ4v) is 3.16. The third-order valence-electron chi connectivity index (χ3n) is 4.19. The Morgan fingerprint density at radius 2 is 1.27 bits per heavy atom. The molecular weight excluding hydrogens is 272 g/mol. The number of anilines is 1. The van der Waals surface area contributed by atoms with Crippen LogP contribution in [0.4, 0.5) is 5.69 Å². The van der Waals surface area contributed by atoms with Crippen molar-refractivity contribution in [2.45, 2.75) is 12.1 Å². The molecule has 2 aromatic carbocycles. The first-order valence-electron chi connectivity index (χ1n) is 7.42. The zero-order chi connectivity index (χ0) is 14.9. The van der Waals surface area contributed by atoms with Gasteiger partial charge in [0.05, 0.1) is 6.04 Å². The molecule has 0 bridgehead atoms. The molecule has 1 aliphatic heterocycles. The van der Waals surface area contributed by atoms with Crippen molar-refractivity contribution in [3.8, 4) is 0 Å². The summed E-state index contributed by atoms with van der Waals surface area (Å²) in [6.07, 6.45) is 3.92. The minimum atomic E-state index is -0.169. The Morgan fingerprint density at radius 1 is 0.682 bits per heavy atom. The van der Waals surface area contributed by atoms with Crippen molar-refractivity contribution >= 4 is 11.6 Å². The predicted octanol–water partition coefficient (Wildman–Crippen LogP) is 3.82. The molecule has 0 spiro atoms. The van der Waals surface area contributed by atoms with E-state index < -0.39 is 0 Å². The van der Waals surface area contributed by atoms with Gasteiger partial charge in [0.15, 0.2) is 0 Å². The van der Waals surface area contributed by atoms with Gasteiger partial charge in [-0.1, -0.05) is 48.5 Å². The monoisotopic (exact) mass is 288 g/mol. The summed E-state index contributed by atoms with van der Waals surface area (Å²) in [4.78, 5) is 14.6. The summed E-state index contributed by atoms with van der Waals surface area (Å²) in [5, 5.41) is 0. The van der Waals surface area contributed by atoms with Crippen molar-refractivity contribution in [2.24, 2.45) is 0 Å². The molecule has 1 fully saturated rings. The van der Waals surface area contributed by atoms with Crippen LogP contribution in [-0.2, 0) is 4.79 Å². The molecular formula is C19H16N2O. The van der Waals surface area contributed by atoms with Crippen molar-refractivity contribution in [1.82, 2.24) is 4.57 Å². The van der Waals surface area contributed by atoms with E-state index in [1.807, 2.05) is 82.5 Å². The first-order valence-corrected chi connectivity index (χ1v) is 7.42. The molecule has 2 atom stereocenters. The standard InChI is InChI=1S/C19H16N2O/c22-19-18(20-13-7-8-14-20)17(15-9-3-1-4-10-15)21(19)16-11-5-2-6-12-16/h1-14,17-18H/t17-,18+/m1/s1. The number of amides is 1. The molecule has 108 valence electrons. The van der Waals surface area contributed by atoms with Crippen LogP contribution in [0.3, 0.4) is 0 Å². The Balaban J connectivity index is 1.78. The van der Waals surface area contributed by atoms with Crippen LogP contribution in [0.2, 0.25) is 0 Å². The predicted molar refractivity (Wildman–Crippen MR) is 86.6 cm³/mol. The molecule has 3 aromatic rings. The number of hydrogen-bond acceptors (Lipinski definition) is 1. The topological polar surface area (TPSA) is 25.2 Å². The molecule has 1 saturated heterocycles. The molecule has 0 saturated carbocycles. The van der Waals surface area contributed by atoms with Crippen LogP contribution in [0.25, 0.3) is 0 Å². The Kier molecular flexibility index (Phi) is 3.04. The van der Waals surface area contributed by atoms with Gasteiger partial charge in [0.1, 0.15) is 6.04 Å². The van der Waals surface area contributed by atoms with Crippen molar-refractivity contribution in [1.29, 1.82) is 0 Å². The first kappa shape index (κ1) is 12.9. The zero-order valence-corrected chi connectivity index (χ0v) is 12.0. The van der Waals surface area contributed by atoms with Crippen LogP contribution in [0.5, 0.6) is 0 Å². The lowest BCUT2D eigenvalue weighted by Crippen LogP contribution is -2.55. The van der Waals surface area contributed by atoms with E-state index >= 15 is 0 Å². The van der Waals surface area contributed by atoms with Gasteiger partial charge in [-0.3, -0.25) is 4.79 Å². The fraction of sp³-hybridized carbons (Fsp3) is 0.105. The third-order valence-corrected chi connectivity index (χ3v) is 4.19. The number of carbonyl (C=O) groups is 1. The fourth-order valence-electron chi connectivity index (χ4n) is 3.16. The number of β-lactam (4-membered cyclic amide) rings is 1. The normalized spacial score (nSPS) is 20.7. The van der Waals surface area contributed by atoms with E-state index in [9.17, 15) is 4.79 Å². The van der Waals surface area contributed by atoms with Crippen LogP contribution in [0.1, 0.15) is 17.6 Å². The third kappa shape index (κ3) is 1.94. The van der Waals surface area contributed by atoms with Gasteiger partial charge in [-0.05, 0) is 29.8 Å². The van der Waals surface area contributed by atoms with Gasteiger partial charge >= 0.3 is 0 Å². The lowest BCUT2D eigenvalue weighted by molar-refractivity contribution is -0.129. The lowest BCUT2D eigenvalue weighted by Gasteiger charge is -2.47. The smallest absolute Gasteiger partial charge is 0.253 e. The van der Waals surface area contributed by atoms with Crippen LogP contribution in [0.15, 0.2) is 85.2 Å². The molecule has 0 radical (unpaired) electrons. The van der Waals surface area contributed by atoms with E-state index in [0.29, 0.717) is 0 Å². The number of rotatable bonds is 3. The van der Waals surface area contributed by atoms with Crippen LogP contribution >= 0.6 is 0 Å². The maximum absolute atomic E-state index is 12.7. The molecule has 1 aromatic heterocycles. The van der Waals surface area contributed by atoms with Crippen molar-refractivity contribution in [3.63, 3.8) is 0 Å². The highest BCUT2D eigenvalue weighted by Crippen LogP contribution is 2.46. The second-order valence-electron chi connectivity index (χ2n) is 5.47. The Hall–Kier alpha value is -2.81. The number of carbonyl (C=O) groups excluding carboxylic acids is 1. The largest absolute Gasteiger partial charge is 0.340 e. The summed E-state index contributed by atoms with van der Waals surface area (Å²) in [5.74, 6) is 0.135. The van der Waals surface area contributed by atoms with E-state index in [1.54, 1.807) is 0 Å². The first-order chi connectivity index (χ1) is 10.9. The van der Waals surface area contributed by atoms with Gasteiger partial charge in [0.2, 0.25) is 0 Å². The molecule has 0 unspecified atom stereocenters. The van der Waals surface area contributed by atoms with E-state index in [4.69, 9.17) is 0 Å². The average molecular weight is 288 g/mol. The second kappa shape index (κ2) is 5.19. The van der Waals surface area contributed by atoms with Crippen molar-refractivity contribution in [2.75, 3.05) is 4.90 Å².